The molecule has 0 atom stereocenters. The number of rotatable bonds is 5. The van der Waals surface area contributed by atoms with Crippen molar-refractivity contribution in [2.24, 2.45) is 9.98 Å². The molecule has 1 heterocycles. The number of hydrogen-bond donors (Lipinski definition) is 0. The van der Waals surface area contributed by atoms with Crippen LogP contribution in [0.25, 0.3) is 0 Å². The molecule has 0 saturated carbocycles. The topological polar surface area (TPSA) is 114 Å². The predicted molar refractivity (Wildman–Crippen MR) is 146 cm³/mol. The summed E-state index contributed by atoms with van der Waals surface area (Å²) in [6.07, 6.45) is 0. The van der Waals surface area contributed by atoms with E-state index in [4.69, 9.17) is 9.98 Å². The summed E-state index contributed by atoms with van der Waals surface area (Å²) < 4.78 is 2.30. The minimum Gasteiger partial charge on any atom is -0.352 e. The normalized spacial score (nSPS) is 15.9. The molecule has 9 nitrogen and oxygen atoms in total. The van der Waals surface area contributed by atoms with Gasteiger partial charge in [0.05, 0.1) is 21.2 Å². The van der Waals surface area contributed by atoms with Crippen molar-refractivity contribution in [3.63, 3.8) is 0 Å². The molecule has 0 N–H and O–H groups in total. The number of hydrogen-bond acceptors (Lipinski definition) is 6. The molecule has 0 saturated heterocycles. The number of nitro groups is 2. The first-order valence-corrected chi connectivity index (χ1v) is 14.4. The van der Waals surface area contributed by atoms with Crippen LogP contribution in [0.3, 0.4) is 0 Å². The number of fused-ring (bicyclic) bond motifs is 1. The van der Waals surface area contributed by atoms with Gasteiger partial charge in [0.25, 0.3) is 11.4 Å². The Hall–Kier alpha value is -4.18. The Kier molecular flexibility index (Phi) is 6.31. The average molecular weight is 502 g/mol. The van der Waals surface area contributed by atoms with E-state index in [9.17, 15) is 20.2 Å². The van der Waals surface area contributed by atoms with Gasteiger partial charge in [-0.3, -0.25) is 20.2 Å². The van der Waals surface area contributed by atoms with E-state index < -0.39 is 18.1 Å². The van der Waals surface area contributed by atoms with Crippen molar-refractivity contribution < 1.29 is 9.85 Å². The SMILES string of the molecule is CC(C)(C)[Si](C)(C)N1C(=Nc2ccc([N+](=O)[O-])cc2)C(=Nc2ccc([N+](=O)[O-])cc2)c2ccccc21. The van der Waals surface area contributed by atoms with Crippen LogP contribution >= 0.6 is 0 Å². The number of aliphatic imine (C=N–C) groups is 2. The smallest absolute Gasteiger partial charge is 0.269 e. The number of benzene rings is 3. The number of para-hydroxylation sites is 1. The van der Waals surface area contributed by atoms with Crippen LogP contribution in [-0.4, -0.2) is 29.6 Å². The molecular weight excluding hydrogens is 474 g/mol. The largest absolute Gasteiger partial charge is 0.352 e. The number of anilines is 1. The molecule has 0 spiro atoms. The maximum atomic E-state index is 11.1. The first-order valence-electron chi connectivity index (χ1n) is 11.5. The molecule has 3 aromatic carbocycles. The van der Waals surface area contributed by atoms with Crippen LogP contribution in [0.4, 0.5) is 28.4 Å². The summed E-state index contributed by atoms with van der Waals surface area (Å²) in [6, 6.07) is 20.2. The molecule has 36 heavy (non-hydrogen) atoms. The van der Waals surface area contributed by atoms with Crippen LogP contribution in [0.15, 0.2) is 82.8 Å². The first-order chi connectivity index (χ1) is 16.9. The van der Waals surface area contributed by atoms with E-state index in [-0.39, 0.29) is 16.4 Å². The second kappa shape index (κ2) is 9.12. The lowest BCUT2D eigenvalue weighted by Crippen LogP contribution is -2.57. The lowest BCUT2D eigenvalue weighted by molar-refractivity contribution is -0.385. The average Bonchev–Trinajstić information content (AvgIpc) is 3.12. The molecule has 0 aromatic heterocycles. The molecule has 0 amide bonds. The van der Waals surface area contributed by atoms with Crippen LogP contribution < -0.4 is 4.57 Å². The summed E-state index contributed by atoms with van der Waals surface area (Å²) in [5.74, 6) is 0.662. The molecule has 4 rings (SSSR count). The number of amidine groups is 1. The molecular formula is C26H27N5O4Si. The zero-order valence-corrected chi connectivity index (χ0v) is 21.8. The van der Waals surface area contributed by atoms with Crippen molar-refractivity contribution in [3.8, 4) is 0 Å². The van der Waals surface area contributed by atoms with Gasteiger partial charge in [-0.15, -0.1) is 0 Å². The maximum absolute atomic E-state index is 11.1. The maximum Gasteiger partial charge on any atom is 0.269 e. The zero-order valence-electron chi connectivity index (χ0n) is 20.8. The van der Waals surface area contributed by atoms with Crippen LogP contribution in [0.1, 0.15) is 26.3 Å². The Bertz CT molecular complexity index is 1390. The monoisotopic (exact) mass is 501 g/mol. The highest BCUT2D eigenvalue weighted by molar-refractivity contribution is 6.91. The van der Waals surface area contributed by atoms with Gasteiger partial charge in [0.15, 0.2) is 14.1 Å². The Labute approximate surface area is 210 Å². The molecule has 0 aliphatic carbocycles. The highest BCUT2D eigenvalue weighted by atomic mass is 28.3. The molecule has 0 bridgehead atoms. The summed E-state index contributed by atoms with van der Waals surface area (Å²) in [5, 5.41) is 22.2. The molecule has 184 valence electrons. The predicted octanol–water partition coefficient (Wildman–Crippen LogP) is 7.18. The summed E-state index contributed by atoms with van der Waals surface area (Å²) in [6.45, 7) is 11.2. The summed E-state index contributed by atoms with van der Waals surface area (Å²) in [7, 11) is -2.23. The molecule has 3 aromatic rings. The summed E-state index contributed by atoms with van der Waals surface area (Å²) in [5.41, 5.74) is 3.71. The van der Waals surface area contributed by atoms with E-state index in [2.05, 4.69) is 44.5 Å². The van der Waals surface area contributed by atoms with Crippen LogP contribution in [0.2, 0.25) is 18.1 Å². The van der Waals surface area contributed by atoms with Crippen LogP contribution in [0.5, 0.6) is 0 Å². The Morgan fingerprint density at radius 2 is 1.22 bits per heavy atom. The van der Waals surface area contributed by atoms with Crippen molar-refractivity contribution in [2.45, 2.75) is 38.9 Å². The third-order valence-electron chi connectivity index (χ3n) is 6.82. The zero-order chi connectivity index (χ0) is 26.3. The fourth-order valence-electron chi connectivity index (χ4n) is 3.87. The lowest BCUT2D eigenvalue weighted by atomic mass is 10.1. The van der Waals surface area contributed by atoms with Gasteiger partial charge in [-0.1, -0.05) is 52.1 Å². The summed E-state index contributed by atoms with van der Waals surface area (Å²) >= 11 is 0. The van der Waals surface area contributed by atoms with E-state index >= 15 is 0 Å². The van der Waals surface area contributed by atoms with Crippen molar-refractivity contribution in [3.05, 3.63) is 98.6 Å². The van der Waals surface area contributed by atoms with Gasteiger partial charge in [-0.2, -0.15) is 0 Å². The number of nitro benzene ring substituents is 2. The van der Waals surface area contributed by atoms with Gasteiger partial charge in [0.1, 0.15) is 5.71 Å². The fourth-order valence-corrected chi connectivity index (χ4v) is 6.03. The summed E-state index contributed by atoms with van der Waals surface area (Å²) in [4.78, 5) is 31.2. The quantitative estimate of drug-likeness (QED) is 0.209. The lowest BCUT2D eigenvalue weighted by Gasteiger charge is -2.45. The van der Waals surface area contributed by atoms with Crippen molar-refractivity contribution in [1.29, 1.82) is 0 Å². The van der Waals surface area contributed by atoms with Gasteiger partial charge in [-0.05, 0) is 35.4 Å². The Balaban J connectivity index is 1.94. The Morgan fingerprint density at radius 3 is 1.69 bits per heavy atom. The van der Waals surface area contributed by atoms with E-state index in [0.717, 1.165) is 11.3 Å². The number of nitrogens with zero attached hydrogens (tertiary/aromatic N) is 5. The highest BCUT2D eigenvalue weighted by Gasteiger charge is 2.48. The van der Waals surface area contributed by atoms with Gasteiger partial charge >= 0.3 is 0 Å². The van der Waals surface area contributed by atoms with E-state index in [0.29, 0.717) is 22.9 Å². The molecule has 10 heteroatoms. The van der Waals surface area contributed by atoms with Crippen LogP contribution in [0, 0.1) is 20.2 Å². The second-order valence-electron chi connectivity index (χ2n) is 10.1. The van der Waals surface area contributed by atoms with E-state index in [1.54, 1.807) is 24.3 Å². The molecule has 0 fully saturated rings. The van der Waals surface area contributed by atoms with Gasteiger partial charge in [-0.25, -0.2) is 9.98 Å². The van der Waals surface area contributed by atoms with Crippen molar-refractivity contribution in [1.82, 2.24) is 0 Å². The first kappa shape index (κ1) is 24.9. The van der Waals surface area contributed by atoms with Gasteiger partial charge in [0.2, 0.25) is 0 Å². The van der Waals surface area contributed by atoms with E-state index in [1.807, 2.05) is 18.2 Å². The highest BCUT2D eigenvalue weighted by Crippen LogP contribution is 2.45. The molecule has 0 unspecified atom stereocenters. The Morgan fingerprint density at radius 1 is 0.750 bits per heavy atom. The van der Waals surface area contributed by atoms with Crippen molar-refractivity contribution in [2.75, 3.05) is 4.57 Å². The second-order valence-corrected chi connectivity index (χ2v) is 15.2. The minimum absolute atomic E-state index is 0.00493. The molecule has 0 radical (unpaired) electrons. The third kappa shape index (κ3) is 4.54. The minimum atomic E-state index is -2.23. The number of non-ortho nitro benzene ring substituents is 2. The molecule has 1 aliphatic heterocycles. The van der Waals surface area contributed by atoms with Gasteiger partial charge in [0, 0.05) is 35.5 Å². The van der Waals surface area contributed by atoms with Crippen LogP contribution in [-0.2, 0) is 0 Å². The van der Waals surface area contributed by atoms with Crippen molar-refractivity contribution >= 4 is 48.2 Å². The van der Waals surface area contributed by atoms with E-state index in [1.165, 1.54) is 24.3 Å². The third-order valence-corrected chi connectivity index (χ3v) is 12.1. The molecule has 1 aliphatic rings. The van der Waals surface area contributed by atoms with Gasteiger partial charge < -0.3 is 4.57 Å². The standard InChI is InChI=1S/C26H27N5O4Si/c1-26(2,3)36(4,5)29-23-9-7-6-8-22(23)24(27-18-10-14-20(15-11-18)30(32)33)25(29)28-19-12-16-21(17-13-19)31(34)35/h6-17H,1-5H3. The fraction of sp³-hybridized carbons (Fsp3) is 0.231.